The largest absolute Gasteiger partial charge is 0.387 e. The summed E-state index contributed by atoms with van der Waals surface area (Å²) in [6, 6.07) is 8.05. The predicted octanol–water partition coefficient (Wildman–Crippen LogP) is 3.10. The van der Waals surface area contributed by atoms with Gasteiger partial charge in [0.15, 0.2) is 0 Å². The molecule has 0 aromatic carbocycles. The van der Waals surface area contributed by atoms with Crippen LogP contribution >= 0.6 is 11.3 Å². The van der Waals surface area contributed by atoms with Crippen LogP contribution in [0.1, 0.15) is 23.8 Å². The van der Waals surface area contributed by atoms with Crippen molar-refractivity contribution >= 4 is 32.7 Å². The third-order valence-electron chi connectivity index (χ3n) is 5.04. The van der Waals surface area contributed by atoms with Gasteiger partial charge in [0.25, 0.3) is 0 Å². The molecule has 0 amide bonds. The van der Waals surface area contributed by atoms with Gasteiger partial charge < -0.3 is 9.84 Å². The molecule has 7 nitrogen and oxygen atoms in total. The van der Waals surface area contributed by atoms with Crippen molar-refractivity contribution in [2.24, 2.45) is 13.0 Å². The molecule has 0 saturated carbocycles. The van der Waals surface area contributed by atoms with E-state index in [9.17, 15) is 5.11 Å². The van der Waals surface area contributed by atoms with E-state index in [1.54, 1.807) is 24.6 Å². The molecule has 1 aliphatic heterocycles. The highest BCUT2D eigenvalue weighted by atomic mass is 32.1. The SMILES string of the molecule is Cn1nc2cc(-c3ccc4cc(C(O)C5CCOCC5)sc4n3)cnc2n1. The molecule has 0 spiro atoms. The second-order valence-corrected chi connectivity index (χ2v) is 7.95. The van der Waals surface area contributed by atoms with Crippen LogP contribution in [-0.2, 0) is 11.8 Å². The molecular formula is C19H19N5O2S. The van der Waals surface area contributed by atoms with E-state index in [4.69, 9.17) is 9.72 Å². The molecule has 1 aliphatic rings. The van der Waals surface area contributed by atoms with Gasteiger partial charge >= 0.3 is 0 Å². The summed E-state index contributed by atoms with van der Waals surface area (Å²) < 4.78 is 5.40. The van der Waals surface area contributed by atoms with E-state index in [0.717, 1.165) is 57.9 Å². The van der Waals surface area contributed by atoms with Gasteiger partial charge in [0, 0.05) is 42.3 Å². The Morgan fingerprint density at radius 2 is 2.07 bits per heavy atom. The van der Waals surface area contributed by atoms with Crippen LogP contribution in [0.2, 0.25) is 0 Å². The molecule has 4 aromatic heterocycles. The Morgan fingerprint density at radius 3 is 2.93 bits per heavy atom. The van der Waals surface area contributed by atoms with Crippen LogP contribution in [-0.4, -0.2) is 43.3 Å². The number of hydrogen-bond acceptors (Lipinski definition) is 7. The van der Waals surface area contributed by atoms with Gasteiger partial charge in [0.05, 0.1) is 11.8 Å². The highest BCUT2D eigenvalue weighted by Crippen LogP contribution is 2.37. The number of rotatable bonds is 3. The summed E-state index contributed by atoms with van der Waals surface area (Å²) >= 11 is 1.56. The van der Waals surface area contributed by atoms with Gasteiger partial charge in [-0.2, -0.15) is 9.90 Å². The number of ether oxygens (including phenoxy) is 1. The second-order valence-electron chi connectivity index (χ2n) is 6.89. The van der Waals surface area contributed by atoms with Crippen LogP contribution < -0.4 is 0 Å². The number of fused-ring (bicyclic) bond motifs is 2. The zero-order valence-corrected chi connectivity index (χ0v) is 15.7. The first-order chi connectivity index (χ1) is 13.2. The van der Waals surface area contributed by atoms with Crippen molar-refractivity contribution in [3.63, 3.8) is 0 Å². The molecule has 0 radical (unpaired) electrons. The predicted molar refractivity (Wildman–Crippen MR) is 103 cm³/mol. The van der Waals surface area contributed by atoms with Crippen LogP contribution in [0.15, 0.2) is 30.5 Å². The van der Waals surface area contributed by atoms with Crippen LogP contribution in [0.25, 0.3) is 32.6 Å². The molecule has 4 aromatic rings. The quantitative estimate of drug-likeness (QED) is 0.587. The first-order valence-corrected chi connectivity index (χ1v) is 9.83. The van der Waals surface area contributed by atoms with Crippen molar-refractivity contribution in [1.29, 1.82) is 0 Å². The molecule has 1 fully saturated rings. The standard InChI is InChI=1S/C19H19N5O2S/c1-24-22-15-8-13(10-20-18(15)23-24)14-3-2-12-9-16(27-19(12)21-14)17(25)11-4-6-26-7-5-11/h2-3,8-11,17,25H,4-7H2,1H3. The van der Waals surface area contributed by atoms with Crippen molar-refractivity contribution in [2.45, 2.75) is 18.9 Å². The lowest BCUT2D eigenvalue weighted by atomic mass is 9.93. The van der Waals surface area contributed by atoms with E-state index in [-0.39, 0.29) is 5.92 Å². The van der Waals surface area contributed by atoms with E-state index >= 15 is 0 Å². The lowest BCUT2D eigenvalue weighted by molar-refractivity contribution is 0.00856. The minimum absolute atomic E-state index is 0.259. The maximum atomic E-state index is 10.8. The fourth-order valence-corrected chi connectivity index (χ4v) is 4.67. The molecule has 5 rings (SSSR count). The van der Waals surface area contributed by atoms with Gasteiger partial charge in [-0.25, -0.2) is 9.97 Å². The fraction of sp³-hybridized carbons (Fsp3) is 0.368. The first-order valence-electron chi connectivity index (χ1n) is 9.01. The summed E-state index contributed by atoms with van der Waals surface area (Å²) in [5.41, 5.74) is 3.13. The van der Waals surface area contributed by atoms with E-state index in [1.807, 2.05) is 12.1 Å². The maximum absolute atomic E-state index is 10.8. The summed E-state index contributed by atoms with van der Waals surface area (Å²) in [5, 5.41) is 20.3. The highest BCUT2D eigenvalue weighted by molar-refractivity contribution is 7.18. The molecule has 0 aliphatic carbocycles. The van der Waals surface area contributed by atoms with Crippen molar-refractivity contribution < 1.29 is 9.84 Å². The molecule has 1 saturated heterocycles. The molecular weight excluding hydrogens is 362 g/mol. The average molecular weight is 381 g/mol. The smallest absolute Gasteiger partial charge is 0.201 e. The van der Waals surface area contributed by atoms with E-state index in [2.05, 4.69) is 27.3 Å². The van der Waals surface area contributed by atoms with E-state index in [0.29, 0.717) is 5.65 Å². The van der Waals surface area contributed by atoms with Gasteiger partial charge in [0.1, 0.15) is 10.3 Å². The Balaban J connectivity index is 1.49. The minimum Gasteiger partial charge on any atom is -0.387 e. The zero-order chi connectivity index (χ0) is 18.4. The molecule has 1 unspecified atom stereocenters. The Kier molecular flexibility index (Phi) is 4.11. The Bertz CT molecular complexity index is 1120. The number of hydrogen-bond donors (Lipinski definition) is 1. The van der Waals surface area contributed by atoms with Crippen LogP contribution in [0, 0.1) is 5.92 Å². The Morgan fingerprint density at radius 1 is 1.22 bits per heavy atom. The summed E-state index contributed by atoms with van der Waals surface area (Å²) in [4.78, 5) is 12.6. The number of aromatic nitrogens is 5. The third kappa shape index (κ3) is 3.09. The average Bonchev–Trinajstić information content (AvgIpc) is 3.29. The summed E-state index contributed by atoms with van der Waals surface area (Å²) in [7, 11) is 1.78. The summed E-state index contributed by atoms with van der Waals surface area (Å²) in [5.74, 6) is 0.259. The number of aliphatic hydroxyl groups is 1. The molecule has 0 bridgehead atoms. The number of nitrogens with zero attached hydrogens (tertiary/aromatic N) is 5. The third-order valence-corrected chi connectivity index (χ3v) is 6.16. The first kappa shape index (κ1) is 16.7. The van der Waals surface area contributed by atoms with Crippen LogP contribution in [0.5, 0.6) is 0 Å². The lowest BCUT2D eigenvalue weighted by Crippen LogP contribution is -2.21. The van der Waals surface area contributed by atoms with Crippen LogP contribution in [0.3, 0.4) is 0 Å². The van der Waals surface area contributed by atoms with E-state index in [1.165, 1.54) is 4.80 Å². The molecule has 1 atom stereocenters. The summed E-state index contributed by atoms with van der Waals surface area (Å²) in [6.45, 7) is 1.46. The van der Waals surface area contributed by atoms with Gasteiger partial charge in [-0.3, -0.25) is 0 Å². The minimum atomic E-state index is -0.450. The second kappa shape index (κ2) is 6.63. The molecule has 8 heteroatoms. The monoisotopic (exact) mass is 381 g/mol. The Labute approximate surface area is 159 Å². The van der Waals surface area contributed by atoms with Crippen molar-refractivity contribution in [3.8, 4) is 11.3 Å². The number of aliphatic hydroxyl groups excluding tert-OH is 1. The highest BCUT2D eigenvalue weighted by Gasteiger charge is 2.25. The Hall–Kier alpha value is -2.42. The summed E-state index contributed by atoms with van der Waals surface area (Å²) in [6.07, 6.45) is 3.13. The van der Waals surface area contributed by atoms with Gasteiger partial charge in [0.2, 0.25) is 5.65 Å². The van der Waals surface area contributed by atoms with E-state index < -0.39 is 6.10 Å². The van der Waals surface area contributed by atoms with Gasteiger partial charge in [-0.05, 0) is 43.0 Å². The lowest BCUT2D eigenvalue weighted by Gasteiger charge is -2.25. The number of pyridine rings is 2. The topological polar surface area (TPSA) is 86.0 Å². The van der Waals surface area contributed by atoms with Crippen molar-refractivity contribution in [3.05, 3.63) is 35.3 Å². The molecule has 5 heterocycles. The maximum Gasteiger partial charge on any atom is 0.201 e. The molecule has 138 valence electrons. The van der Waals surface area contributed by atoms with Crippen molar-refractivity contribution in [2.75, 3.05) is 13.2 Å². The normalized spacial score (nSPS) is 17.0. The molecule has 27 heavy (non-hydrogen) atoms. The van der Waals surface area contributed by atoms with Gasteiger partial charge in [-0.1, -0.05) is 0 Å². The zero-order valence-electron chi connectivity index (χ0n) is 14.9. The fourth-order valence-electron chi connectivity index (χ4n) is 3.56. The number of aryl methyl sites for hydroxylation is 1. The number of thiophene rings is 1. The van der Waals surface area contributed by atoms with Crippen molar-refractivity contribution in [1.82, 2.24) is 25.0 Å². The van der Waals surface area contributed by atoms with Crippen LogP contribution in [0.4, 0.5) is 0 Å². The molecule has 1 N–H and O–H groups in total. The van der Waals surface area contributed by atoms with Gasteiger partial charge in [-0.15, -0.1) is 16.4 Å².